The van der Waals surface area contributed by atoms with Crippen LogP contribution < -0.4 is 5.32 Å². The van der Waals surface area contributed by atoms with Crippen molar-refractivity contribution in [3.05, 3.63) is 16.1 Å². The predicted molar refractivity (Wildman–Crippen MR) is 67.2 cm³/mol. The van der Waals surface area contributed by atoms with Crippen molar-refractivity contribution in [3.63, 3.8) is 0 Å². The van der Waals surface area contributed by atoms with Crippen LogP contribution in [0.5, 0.6) is 0 Å². The van der Waals surface area contributed by atoms with E-state index in [-0.39, 0.29) is 5.41 Å². The number of hydrogen-bond donors (Lipinski definition) is 1. The van der Waals surface area contributed by atoms with Gasteiger partial charge in [0.05, 0.1) is 11.1 Å². The Labute approximate surface area is 102 Å². The van der Waals surface area contributed by atoms with Crippen molar-refractivity contribution in [2.45, 2.75) is 40.2 Å². The molecule has 0 unspecified atom stereocenters. The summed E-state index contributed by atoms with van der Waals surface area (Å²) < 4.78 is 0. The highest BCUT2D eigenvalue weighted by atomic mass is 32.1. The summed E-state index contributed by atoms with van der Waals surface area (Å²) in [6.45, 7) is 8.21. The Kier molecular flexibility index (Phi) is 4.91. The summed E-state index contributed by atoms with van der Waals surface area (Å²) in [6.07, 6.45) is 3.50. The van der Waals surface area contributed by atoms with Crippen LogP contribution in [0.15, 0.2) is 6.20 Å². The third-order valence-corrected chi connectivity index (χ3v) is 3.40. The van der Waals surface area contributed by atoms with E-state index in [2.05, 4.69) is 30.2 Å². The summed E-state index contributed by atoms with van der Waals surface area (Å²) in [5.74, 6) is 0. The van der Waals surface area contributed by atoms with Gasteiger partial charge in [-0.25, -0.2) is 4.98 Å². The van der Waals surface area contributed by atoms with Gasteiger partial charge in [0.25, 0.3) is 0 Å². The van der Waals surface area contributed by atoms with Crippen LogP contribution in [0, 0.1) is 23.7 Å². The standard InChI is InChI=1S/C12H19N3S/c1-10-15-8-11(16-10)7-14-9-12(2,3)5-4-6-13/h8,14H,4-5,7,9H2,1-3H3. The van der Waals surface area contributed by atoms with E-state index in [1.54, 1.807) is 11.3 Å². The average Bonchev–Trinajstić information content (AvgIpc) is 2.61. The van der Waals surface area contributed by atoms with E-state index in [4.69, 9.17) is 5.26 Å². The smallest absolute Gasteiger partial charge is 0.0897 e. The summed E-state index contributed by atoms with van der Waals surface area (Å²) in [4.78, 5) is 5.49. The first-order valence-corrected chi connectivity index (χ1v) is 6.34. The Morgan fingerprint density at radius 1 is 1.56 bits per heavy atom. The van der Waals surface area contributed by atoms with E-state index in [1.807, 2.05) is 13.1 Å². The molecule has 0 aliphatic carbocycles. The molecule has 3 nitrogen and oxygen atoms in total. The van der Waals surface area contributed by atoms with Crippen LogP contribution in [-0.4, -0.2) is 11.5 Å². The molecule has 0 amide bonds. The Morgan fingerprint density at radius 3 is 2.88 bits per heavy atom. The van der Waals surface area contributed by atoms with Gasteiger partial charge in [0.1, 0.15) is 0 Å². The van der Waals surface area contributed by atoms with Crippen LogP contribution in [0.4, 0.5) is 0 Å². The number of aromatic nitrogens is 1. The molecule has 0 aliphatic heterocycles. The minimum atomic E-state index is 0.190. The first-order chi connectivity index (χ1) is 7.53. The Hall–Kier alpha value is -0.920. The molecular formula is C12H19N3S. The van der Waals surface area contributed by atoms with Gasteiger partial charge in [0.15, 0.2) is 0 Å². The van der Waals surface area contributed by atoms with Crippen molar-refractivity contribution in [2.75, 3.05) is 6.54 Å². The van der Waals surface area contributed by atoms with Crippen LogP contribution in [0.25, 0.3) is 0 Å². The molecule has 1 aromatic rings. The lowest BCUT2D eigenvalue weighted by atomic mass is 9.88. The molecule has 0 aliphatic rings. The van der Waals surface area contributed by atoms with Crippen LogP contribution in [-0.2, 0) is 6.54 Å². The zero-order valence-electron chi connectivity index (χ0n) is 10.2. The van der Waals surface area contributed by atoms with E-state index < -0.39 is 0 Å². The van der Waals surface area contributed by atoms with Gasteiger partial charge >= 0.3 is 0 Å². The number of hydrogen-bond acceptors (Lipinski definition) is 4. The predicted octanol–water partition coefficient (Wildman–Crippen LogP) is 2.87. The topological polar surface area (TPSA) is 48.7 Å². The van der Waals surface area contributed by atoms with Gasteiger partial charge in [-0.2, -0.15) is 5.26 Å². The third kappa shape index (κ3) is 4.73. The van der Waals surface area contributed by atoms with Gasteiger partial charge in [-0.05, 0) is 18.8 Å². The molecule has 0 aromatic carbocycles. The molecule has 0 saturated heterocycles. The molecule has 0 atom stereocenters. The summed E-state index contributed by atoms with van der Waals surface area (Å²) in [5, 5.41) is 13.1. The summed E-state index contributed by atoms with van der Waals surface area (Å²) >= 11 is 1.73. The summed E-state index contributed by atoms with van der Waals surface area (Å²) in [6, 6.07) is 2.20. The zero-order chi connectivity index (χ0) is 12.0. The quantitative estimate of drug-likeness (QED) is 0.827. The first kappa shape index (κ1) is 13.1. The number of nitrogens with zero attached hydrogens (tertiary/aromatic N) is 2. The van der Waals surface area contributed by atoms with Gasteiger partial charge in [-0.15, -0.1) is 11.3 Å². The molecule has 1 aromatic heterocycles. The lowest BCUT2D eigenvalue weighted by Crippen LogP contribution is -2.28. The molecule has 1 N–H and O–H groups in total. The maximum Gasteiger partial charge on any atom is 0.0897 e. The number of nitrogens with one attached hydrogen (secondary N) is 1. The van der Waals surface area contributed by atoms with Crippen molar-refractivity contribution in [2.24, 2.45) is 5.41 Å². The molecule has 0 spiro atoms. The minimum Gasteiger partial charge on any atom is -0.311 e. The number of rotatable bonds is 6. The lowest BCUT2D eigenvalue weighted by molar-refractivity contribution is 0.318. The molecule has 0 bridgehead atoms. The van der Waals surface area contributed by atoms with E-state index in [9.17, 15) is 0 Å². The van der Waals surface area contributed by atoms with Gasteiger partial charge < -0.3 is 5.32 Å². The van der Waals surface area contributed by atoms with E-state index in [0.717, 1.165) is 24.5 Å². The summed E-state index contributed by atoms with van der Waals surface area (Å²) in [7, 11) is 0. The molecule has 16 heavy (non-hydrogen) atoms. The number of nitriles is 1. The van der Waals surface area contributed by atoms with Crippen LogP contribution >= 0.6 is 11.3 Å². The minimum absolute atomic E-state index is 0.190. The van der Waals surface area contributed by atoms with Gasteiger partial charge in [0.2, 0.25) is 0 Å². The molecule has 1 heterocycles. The molecule has 1 rings (SSSR count). The zero-order valence-corrected chi connectivity index (χ0v) is 11.0. The Bertz CT molecular complexity index is 363. The fraction of sp³-hybridized carbons (Fsp3) is 0.667. The van der Waals surface area contributed by atoms with E-state index in [1.165, 1.54) is 4.88 Å². The van der Waals surface area contributed by atoms with Crippen molar-refractivity contribution >= 4 is 11.3 Å². The summed E-state index contributed by atoms with van der Waals surface area (Å²) in [5.41, 5.74) is 0.190. The number of thiazole rings is 1. The lowest BCUT2D eigenvalue weighted by Gasteiger charge is -2.23. The molecule has 88 valence electrons. The second-order valence-corrected chi connectivity index (χ2v) is 6.09. The monoisotopic (exact) mass is 237 g/mol. The SMILES string of the molecule is Cc1ncc(CNCC(C)(C)CCC#N)s1. The van der Waals surface area contributed by atoms with Crippen molar-refractivity contribution < 1.29 is 0 Å². The molecule has 0 fully saturated rings. The average molecular weight is 237 g/mol. The van der Waals surface area contributed by atoms with Crippen LogP contribution in [0.3, 0.4) is 0 Å². The normalized spacial score (nSPS) is 11.4. The van der Waals surface area contributed by atoms with Crippen molar-refractivity contribution in [1.29, 1.82) is 5.26 Å². The highest BCUT2D eigenvalue weighted by Crippen LogP contribution is 2.21. The van der Waals surface area contributed by atoms with Crippen molar-refractivity contribution in [3.8, 4) is 6.07 Å². The third-order valence-electron chi connectivity index (χ3n) is 2.49. The van der Waals surface area contributed by atoms with Gasteiger partial charge in [-0.3, -0.25) is 0 Å². The highest BCUT2D eigenvalue weighted by Gasteiger charge is 2.16. The maximum atomic E-state index is 8.56. The number of aryl methyl sites for hydroxylation is 1. The van der Waals surface area contributed by atoms with Gasteiger partial charge in [-0.1, -0.05) is 13.8 Å². The highest BCUT2D eigenvalue weighted by molar-refractivity contribution is 7.11. The first-order valence-electron chi connectivity index (χ1n) is 5.52. The second kappa shape index (κ2) is 5.97. The van der Waals surface area contributed by atoms with E-state index in [0.29, 0.717) is 6.42 Å². The largest absolute Gasteiger partial charge is 0.311 e. The fourth-order valence-electron chi connectivity index (χ4n) is 1.49. The van der Waals surface area contributed by atoms with Crippen LogP contribution in [0.1, 0.15) is 36.6 Å². The second-order valence-electron chi connectivity index (χ2n) is 4.77. The molecule has 4 heteroatoms. The van der Waals surface area contributed by atoms with Crippen molar-refractivity contribution in [1.82, 2.24) is 10.3 Å². The Balaban J connectivity index is 2.27. The Morgan fingerprint density at radius 2 is 2.31 bits per heavy atom. The van der Waals surface area contributed by atoms with Gasteiger partial charge in [0, 0.05) is 30.6 Å². The fourth-order valence-corrected chi connectivity index (χ4v) is 2.26. The maximum absolute atomic E-state index is 8.56. The van der Waals surface area contributed by atoms with E-state index >= 15 is 0 Å². The molecular weight excluding hydrogens is 218 g/mol. The molecule has 0 radical (unpaired) electrons. The van der Waals surface area contributed by atoms with Crippen LogP contribution in [0.2, 0.25) is 0 Å². The molecule has 0 saturated carbocycles.